The molecule has 0 aliphatic rings. The fraction of sp³-hybridized carbons (Fsp3) is 0.500. The maximum Gasteiger partial charge on any atom is 0.214 e. The van der Waals surface area contributed by atoms with Crippen LogP contribution in [0.4, 0.5) is 0 Å². The van der Waals surface area contributed by atoms with Crippen molar-refractivity contribution in [3.63, 3.8) is 0 Å². The first-order chi connectivity index (χ1) is 6.82. The van der Waals surface area contributed by atoms with Gasteiger partial charge < -0.3 is 5.11 Å². The smallest absolute Gasteiger partial charge is 0.214 e. The van der Waals surface area contributed by atoms with E-state index in [1.807, 2.05) is 0 Å². The van der Waals surface area contributed by atoms with E-state index < -0.39 is 21.4 Å². The molecule has 0 aromatic carbocycles. The van der Waals surface area contributed by atoms with E-state index in [9.17, 15) is 13.5 Å². The van der Waals surface area contributed by atoms with Gasteiger partial charge >= 0.3 is 0 Å². The molecule has 0 aliphatic carbocycles. The number of aliphatic hydroxyl groups is 1. The van der Waals surface area contributed by atoms with Gasteiger partial charge in [0.25, 0.3) is 0 Å². The number of aryl methyl sites for hydroxylation is 1. The Labute approximate surface area is 88.2 Å². The molecule has 0 radical (unpaired) electrons. The molecule has 0 saturated carbocycles. The van der Waals surface area contributed by atoms with Crippen molar-refractivity contribution in [3.8, 4) is 0 Å². The van der Waals surface area contributed by atoms with Gasteiger partial charge in [-0.15, -0.1) is 0 Å². The first kappa shape index (κ1) is 12.0. The Hall–Kier alpha value is -1.05. The number of sulfonamides is 1. The van der Waals surface area contributed by atoms with Crippen LogP contribution in [0.3, 0.4) is 0 Å². The lowest BCUT2D eigenvalue weighted by molar-refractivity contribution is 0.170. The minimum absolute atomic E-state index is 0.196. The normalized spacial score (nSPS) is 16.0. The van der Waals surface area contributed by atoms with Gasteiger partial charge in [0.2, 0.25) is 10.0 Å². The van der Waals surface area contributed by atoms with Crippen molar-refractivity contribution in [3.05, 3.63) is 23.8 Å². The third-order valence-electron chi connectivity index (χ3n) is 2.07. The quantitative estimate of drug-likeness (QED) is 0.729. The number of aliphatic hydroxyl groups excluding tert-OH is 1. The fourth-order valence-corrected chi connectivity index (χ4v) is 1.47. The van der Waals surface area contributed by atoms with Gasteiger partial charge in [-0.1, -0.05) is 0 Å². The lowest BCUT2D eigenvalue weighted by atomic mass is 10.2. The van der Waals surface area contributed by atoms with Crippen LogP contribution < -0.4 is 5.14 Å². The van der Waals surface area contributed by atoms with Crippen molar-refractivity contribution in [1.29, 1.82) is 0 Å². The summed E-state index contributed by atoms with van der Waals surface area (Å²) in [6.45, 7) is 3.06. The van der Waals surface area contributed by atoms with Crippen molar-refractivity contribution >= 4 is 10.0 Å². The highest BCUT2D eigenvalue weighted by molar-refractivity contribution is 7.89. The van der Waals surface area contributed by atoms with Crippen LogP contribution >= 0.6 is 0 Å². The minimum atomic E-state index is -3.78. The van der Waals surface area contributed by atoms with E-state index in [1.165, 1.54) is 19.3 Å². The van der Waals surface area contributed by atoms with Crippen LogP contribution in [0.25, 0.3) is 0 Å². The third kappa shape index (κ3) is 2.95. The van der Waals surface area contributed by atoms with Gasteiger partial charge in [-0.2, -0.15) is 0 Å². The van der Waals surface area contributed by atoms with Crippen LogP contribution in [-0.2, 0) is 10.0 Å². The van der Waals surface area contributed by atoms with E-state index in [4.69, 9.17) is 5.14 Å². The Kier molecular flexibility index (Phi) is 3.38. The Balaban J connectivity index is 2.95. The Bertz CT molecular complexity index is 429. The molecule has 3 N–H and O–H groups in total. The number of rotatable bonds is 3. The lowest BCUT2D eigenvalue weighted by Crippen LogP contribution is -2.31. The van der Waals surface area contributed by atoms with Gasteiger partial charge in [0.05, 0.1) is 17.6 Å². The van der Waals surface area contributed by atoms with Crippen LogP contribution in [0, 0.1) is 6.92 Å². The molecule has 0 spiro atoms. The van der Waals surface area contributed by atoms with E-state index in [-0.39, 0.29) is 5.69 Å². The monoisotopic (exact) mass is 231 g/mol. The standard InChI is InChI=1S/C8H13N3O3S/c1-5-3-11-7(4-10-5)8(12)6(2)15(9,13)14/h3-4,6,8,12H,1-2H3,(H2,9,13,14)/t6-,8+/m0/s1. The maximum absolute atomic E-state index is 11.0. The molecule has 7 heteroatoms. The van der Waals surface area contributed by atoms with Crippen LogP contribution in [0.2, 0.25) is 0 Å². The molecule has 0 bridgehead atoms. The molecule has 2 atom stereocenters. The minimum Gasteiger partial charge on any atom is -0.385 e. The molecular formula is C8H13N3O3S. The molecule has 0 saturated heterocycles. The van der Waals surface area contributed by atoms with E-state index in [0.29, 0.717) is 5.69 Å². The highest BCUT2D eigenvalue weighted by Crippen LogP contribution is 2.17. The van der Waals surface area contributed by atoms with Gasteiger partial charge in [0.1, 0.15) is 11.4 Å². The zero-order chi connectivity index (χ0) is 11.6. The zero-order valence-electron chi connectivity index (χ0n) is 8.45. The zero-order valence-corrected chi connectivity index (χ0v) is 9.27. The highest BCUT2D eigenvalue weighted by Gasteiger charge is 2.27. The summed E-state index contributed by atoms with van der Waals surface area (Å²) < 4.78 is 22.0. The second kappa shape index (κ2) is 4.21. The van der Waals surface area contributed by atoms with E-state index in [1.54, 1.807) is 6.92 Å². The summed E-state index contributed by atoms with van der Waals surface area (Å²) in [5, 5.41) is 13.5. The number of nitrogens with two attached hydrogens (primary N) is 1. The van der Waals surface area contributed by atoms with Crippen molar-refractivity contribution < 1.29 is 13.5 Å². The summed E-state index contributed by atoms with van der Waals surface area (Å²) in [6, 6.07) is 0. The Morgan fingerprint density at radius 3 is 2.40 bits per heavy atom. The van der Waals surface area contributed by atoms with Crippen LogP contribution in [-0.4, -0.2) is 28.7 Å². The molecule has 15 heavy (non-hydrogen) atoms. The van der Waals surface area contributed by atoms with Crippen LogP contribution in [0.15, 0.2) is 12.4 Å². The van der Waals surface area contributed by atoms with Crippen LogP contribution in [0.1, 0.15) is 24.4 Å². The molecule has 6 nitrogen and oxygen atoms in total. The van der Waals surface area contributed by atoms with Crippen molar-refractivity contribution in [1.82, 2.24) is 9.97 Å². The summed E-state index contributed by atoms with van der Waals surface area (Å²) in [5.74, 6) is 0. The molecule has 1 aromatic heterocycles. The van der Waals surface area contributed by atoms with E-state index in [2.05, 4.69) is 9.97 Å². The van der Waals surface area contributed by atoms with Crippen molar-refractivity contribution in [2.24, 2.45) is 5.14 Å². The SMILES string of the molecule is Cc1cnc([C@H](O)[C@H](C)S(N)(=O)=O)cn1. The predicted octanol–water partition coefficient (Wildman–Crippen LogP) is -0.505. The molecule has 1 rings (SSSR count). The summed E-state index contributed by atoms with van der Waals surface area (Å²) in [7, 11) is -3.78. The largest absolute Gasteiger partial charge is 0.385 e. The summed E-state index contributed by atoms with van der Waals surface area (Å²) >= 11 is 0. The molecule has 0 fully saturated rings. The third-order valence-corrected chi connectivity index (χ3v) is 3.36. The Morgan fingerprint density at radius 2 is 2.00 bits per heavy atom. The van der Waals surface area contributed by atoms with Crippen LogP contribution in [0.5, 0.6) is 0 Å². The number of aromatic nitrogens is 2. The second-order valence-electron chi connectivity index (χ2n) is 3.32. The average molecular weight is 231 g/mol. The highest BCUT2D eigenvalue weighted by atomic mass is 32.2. The summed E-state index contributed by atoms with van der Waals surface area (Å²) in [5.41, 5.74) is 0.885. The first-order valence-electron chi connectivity index (χ1n) is 4.30. The number of nitrogens with zero attached hydrogens (tertiary/aromatic N) is 2. The van der Waals surface area contributed by atoms with Crippen molar-refractivity contribution in [2.45, 2.75) is 25.2 Å². The Morgan fingerprint density at radius 1 is 1.40 bits per heavy atom. The molecule has 0 aliphatic heterocycles. The van der Waals surface area contributed by atoms with Gasteiger partial charge in [-0.25, -0.2) is 13.6 Å². The maximum atomic E-state index is 11.0. The fourth-order valence-electron chi connectivity index (χ4n) is 0.975. The summed E-state index contributed by atoms with van der Waals surface area (Å²) in [4.78, 5) is 7.79. The molecule has 0 unspecified atom stereocenters. The molecule has 84 valence electrons. The predicted molar refractivity (Wildman–Crippen MR) is 54.3 cm³/mol. The van der Waals surface area contributed by atoms with Gasteiger partial charge in [0, 0.05) is 6.20 Å². The van der Waals surface area contributed by atoms with Gasteiger partial charge in [0.15, 0.2) is 0 Å². The summed E-state index contributed by atoms with van der Waals surface area (Å²) in [6.07, 6.45) is 1.53. The second-order valence-corrected chi connectivity index (χ2v) is 5.24. The molecule has 1 aromatic rings. The van der Waals surface area contributed by atoms with Gasteiger partial charge in [-0.05, 0) is 13.8 Å². The molecule has 1 heterocycles. The van der Waals surface area contributed by atoms with Gasteiger partial charge in [-0.3, -0.25) is 9.97 Å². The number of hydrogen-bond acceptors (Lipinski definition) is 5. The number of primary sulfonamides is 1. The van der Waals surface area contributed by atoms with E-state index in [0.717, 1.165) is 0 Å². The topological polar surface area (TPSA) is 106 Å². The van der Waals surface area contributed by atoms with E-state index >= 15 is 0 Å². The number of hydrogen-bond donors (Lipinski definition) is 2. The average Bonchev–Trinajstić information content (AvgIpc) is 2.15. The first-order valence-corrected chi connectivity index (χ1v) is 5.91. The molecule has 0 amide bonds. The lowest BCUT2D eigenvalue weighted by Gasteiger charge is -2.15. The van der Waals surface area contributed by atoms with Crippen molar-refractivity contribution in [2.75, 3.05) is 0 Å². The molecular weight excluding hydrogens is 218 g/mol.